The van der Waals surface area contributed by atoms with Crippen molar-refractivity contribution in [3.8, 4) is 0 Å². The molecular weight excluding hydrogens is 192 g/mol. The number of carbonyl (C=O) groups excluding carboxylic acids is 1. The van der Waals surface area contributed by atoms with Crippen molar-refractivity contribution in [1.82, 2.24) is 4.90 Å². The van der Waals surface area contributed by atoms with Crippen molar-refractivity contribution in [2.45, 2.75) is 38.8 Å². The maximum absolute atomic E-state index is 11.6. The van der Waals surface area contributed by atoms with Crippen molar-refractivity contribution in [1.29, 1.82) is 0 Å². The van der Waals surface area contributed by atoms with Gasteiger partial charge in [0, 0.05) is 19.1 Å². The van der Waals surface area contributed by atoms with Gasteiger partial charge in [-0.25, -0.2) is 4.79 Å². The predicted octanol–water partition coefficient (Wildman–Crippen LogP) is 1.20. The predicted molar refractivity (Wildman–Crippen MR) is 57.4 cm³/mol. The van der Waals surface area contributed by atoms with Crippen LogP contribution < -0.4 is 5.73 Å². The smallest absolute Gasteiger partial charge is 0.410 e. The van der Waals surface area contributed by atoms with Crippen LogP contribution >= 0.6 is 0 Å². The van der Waals surface area contributed by atoms with Gasteiger partial charge in [-0.3, -0.25) is 0 Å². The molecule has 0 aromatic heterocycles. The third-order valence-corrected chi connectivity index (χ3v) is 3.06. The Labute approximate surface area is 90.8 Å². The van der Waals surface area contributed by atoms with Gasteiger partial charge >= 0.3 is 6.09 Å². The third kappa shape index (κ3) is 2.43. The summed E-state index contributed by atoms with van der Waals surface area (Å²) in [6, 6.07) is 0.385. The number of rotatable bonds is 1. The molecule has 0 spiro atoms. The van der Waals surface area contributed by atoms with Gasteiger partial charge in [-0.2, -0.15) is 0 Å². The molecule has 1 amide bonds. The van der Waals surface area contributed by atoms with Gasteiger partial charge in [-0.15, -0.1) is 0 Å². The monoisotopic (exact) mass is 212 g/mol. The molecule has 2 rings (SSSR count). The summed E-state index contributed by atoms with van der Waals surface area (Å²) in [6.45, 7) is 7.32. The highest BCUT2D eigenvalue weighted by atomic mass is 16.6. The minimum Gasteiger partial charge on any atom is -0.444 e. The van der Waals surface area contributed by atoms with E-state index in [1.54, 1.807) is 4.90 Å². The van der Waals surface area contributed by atoms with Gasteiger partial charge in [-0.05, 0) is 39.0 Å². The number of carbonyl (C=O) groups is 1. The standard InChI is InChI=1S/C11H20N2O2/c1-11(2,3)15-10(14)13-5-7(6-13)8-4-9(8)12/h7-9H,4-6,12H2,1-3H3. The SMILES string of the molecule is CC(C)(C)OC(=O)N1CC(C2CC2N)C1. The number of hydrogen-bond donors (Lipinski definition) is 1. The number of likely N-dealkylation sites (tertiary alicyclic amines) is 1. The van der Waals surface area contributed by atoms with Gasteiger partial charge < -0.3 is 15.4 Å². The first kappa shape index (κ1) is 10.7. The van der Waals surface area contributed by atoms with Crippen LogP contribution in [0.3, 0.4) is 0 Å². The molecule has 2 fully saturated rings. The van der Waals surface area contributed by atoms with E-state index in [4.69, 9.17) is 10.5 Å². The second kappa shape index (κ2) is 3.37. The van der Waals surface area contributed by atoms with E-state index in [2.05, 4.69) is 0 Å². The molecule has 4 heteroatoms. The molecule has 1 aliphatic heterocycles. The van der Waals surface area contributed by atoms with E-state index in [1.165, 1.54) is 0 Å². The molecule has 1 heterocycles. The lowest BCUT2D eigenvalue weighted by atomic mass is 9.95. The van der Waals surface area contributed by atoms with Crippen LogP contribution in [-0.4, -0.2) is 35.7 Å². The van der Waals surface area contributed by atoms with E-state index < -0.39 is 5.60 Å². The quantitative estimate of drug-likeness (QED) is 0.710. The molecule has 86 valence electrons. The molecule has 0 bridgehead atoms. The van der Waals surface area contributed by atoms with Crippen molar-refractivity contribution in [2.75, 3.05) is 13.1 Å². The summed E-state index contributed by atoms with van der Waals surface area (Å²) in [5.41, 5.74) is 5.37. The van der Waals surface area contributed by atoms with Crippen LogP contribution in [-0.2, 0) is 4.74 Å². The first-order valence-electron chi connectivity index (χ1n) is 5.60. The second-order valence-electron chi connectivity index (χ2n) is 5.71. The number of hydrogen-bond acceptors (Lipinski definition) is 3. The van der Waals surface area contributed by atoms with Crippen molar-refractivity contribution in [3.63, 3.8) is 0 Å². The molecule has 1 aliphatic carbocycles. The molecule has 1 saturated heterocycles. The van der Waals surface area contributed by atoms with E-state index >= 15 is 0 Å². The Morgan fingerprint density at radius 2 is 1.93 bits per heavy atom. The van der Waals surface area contributed by atoms with Crippen LogP contribution in [0.5, 0.6) is 0 Å². The summed E-state index contributed by atoms with van der Waals surface area (Å²) < 4.78 is 5.27. The topological polar surface area (TPSA) is 55.6 Å². The lowest BCUT2D eigenvalue weighted by molar-refractivity contribution is -0.00443. The first-order valence-corrected chi connectivity index (χ1v) is 5.60. The molecule has 0 aromatic carbocycles. The van der Waals surface area contributed by atoms with Crippen LogP contribution in [0, 0.1) is 11.8 Å². The zero-order chi connectivity index (χ0) is 11.2. The number of ether oxygens (including phenoxy) is 1. The number of amides is 1. The fourth-order valence-corrected chi connectivity index (χ4v) is 2.04. The lowest BCUT2D eigenvalue weighted by Crippen LogP contribution is -2.52. The molecule has 15 heavy (non-hydrogen) atoms. The summed E-state index contributed by atoms with van der Waals surface area (Å²) in [7, 11) is 0. The van der Waals surface area contributed by atoms with Gasteiger partial charge in [0.2, 0.25) is 0 Å². The van der Waals surface area contributed by atoms with Gasteiger partial charge in [0.1, 0.15) is 5.60 Å². The Kier molecular flexibility index (Phi) is 2.41. The minimum atomic E-state index is -0.391. The van der Waals surface area contributed by atoms with Crippen molar-refractivity contribution in [2.24, 2.45) is 17.6 Å². The summed E-state index contributed by atoms with van der Waals surface area (Å²) in [6.07, 6.45) is 0.945. The summed E-state index contributed by atoms with van der Waals surface area (Å²) in [4.78, 5) is 13.3. The summed E-state index contributed by atoms with van der Waals surface area (Å²) in [5, 5.41) is 0. The molecule has 2 aliphatic rings. The average Bonchev–Trinajstić information content (AvgIpc) is 2.58. The lowest BCUT2D eigenvalue weighted by Gasteiger charge is -2.40. The van der Waals surface area contributed by atoms with Gasteiger partial charge in [0.15, 0.2) is 0 Å². The average molecular weight is 212 g/mol. The number of nitrogens with zero attached hydrogens (tertiary/aromatic N) is 1. The van der Waals surface area contributed by atoms with E-state index in [1.807, 2.05) is 20.8 Å². The van der Waals surface area contributed by atoms with Crippen LogP contribution in [0.15, 0.2) is 0 Å². The third-order valence-electron chi connectivity index (χ3n) is 3.06. The van der Waals surface area contributed by atoms with Crippen LogP contribution in [0.25, 0.3) is 0 Å². The maximum atomic E-state index is 11.6. The zero-order valence-corrected chi connectivity index (χ0v) is 9.69. The Morgan fingerprint density at radius 3 is 2.33 bits per heavy atom. The van der Waals surface area contributed by atoms with Gasteiger partial charge in [0.25, 0.3) is 0 Å². The van der Waals surface area contributed by atoms with Crippen molar-refractivity contribution in [3.05, 3.63) is 0 Å². The summed E-state index contributed by atoms with van der Waals surface area (Å²) >= 11 is 0. The Balaban J connectivity index is 1.72. The molecule has 0 radical (unpaired) electrons. The Hall–Kier alpha value is -0.770. The molecule has 2 unspecified atom stereocenters. The largest absolute Gasteiger partial charge is 0.444 e. The van der Waals surface area contributed by atoms with Crippen LogP contribution in [0.1, 0.15) is 27.2 Å². The maximum Gasteiger partial charge on any atom is 0.410 e. The fourth-order valence-electron chi connectivity index (χ4n) is 2.04. The van der Waals surface area contributed by atoms with Crippen LogP contribution in [0.4, 0.5) is 4.79 Å². The van der Waals surface area contributed by atoms with Crippen molar-refractivity contribution < 1.29 is 9.53 Å². The minimum absolute atomic E-state index is 0.187. The molecule has 2 atom stereocenters. The highest BCUT2D eigenvalue weighted by Gasteiger charge is 2.47. The molecule has 4 nitrogen and oxygen atoms in total. The molecule has 2 N–H and O–H groups in total. The Morgan fingerprint density at radius 1 is 1.40 bits per heavy atom. The second-order valence-corrected chi connectivity index (χ2v) is 5.71. The molecular formula is C11H20N2O2. The first-order chi connectivity index (χ1) is 6.87. The van der Waals surface area contributed by atoms with E-state index in [-0.39, 0.29) is 6.09 Å². The van der Waals surface area contributed by atoms with E-state index in [9.17, 15) is 4.79 Å². The van der Waals surface area contributed by atoms with Gasteiger partial charge in [-0.1, -0.05) is 0 Å². The number of nitrogens with two attached hydrogens (primary N) is 1. The van der Waals surface area contributed by atoms with E-state index in [0.717, 1.165) is 19.5 Å². The van der Waals surface area contributed by atoms with Gasteiger partial charge in [0.05, 0.1) is 0 Å². The normalized spacial score (nSPS) is 31.1. The summed E-state index contributed by atoms with van der Waals surface area (Å²) in [5.74, 6) is 1.27. The van der Waals surface area contributed by atoms with Crippen LogP contribution in [0.2, 0.25) is 0 Å². The Bertz CT molecular complexity index is 266. The van der Waals surface area contributed by atoms with E-state index in [0.29, 0.717) is 17.9 Å². The molecule has 0 aromatic rings. The zero-order valence-electron chi connectivity index (χ0n) is 9.69. The highest BCUT2D eigenvalue weighted by Crippen LogP contribution is 2.40. The van der Waals surface area contributed by atoms with Crippen molar-refractivity contribution >= 4 is 6.09 Å². The molecule has 1 saturated carbocycles. The highest BCUT2D eigenvalue weighted by molar-refractivity contribution is 5.69. The fraction of sp³-hybridized carbons (Fsp3) is 0.909.